The van der Waals surface area contributed by atoms with Crippen molar-refractivity contribution in [1.29, 1.82) is 0 Å². The van der Waals surface area contributed by atoms with Crippen molar-refractivity contribution in [1.82, 2.24) is 25.5 Å². The first-order valence-electron chi connectivity index (χ1n) is 14.3. The highest BCUT2D eigenvalue weighted by molar-refractivity contribution is 5.90. The van der Waals surface area contributed by atoms with Crippen LogP contribution in [0.3, 0.4) is 0 Å². The Bertz CT molecular complexity index is 1280. The highest BCUT2D eigenvalue weighted by Crippen LogP contribution is 2.23. The third-order valence-electron chi connectivity index (χ3n) is 6.53. The maximum absolute atomic E-state index is 12.6. The summed E-state index contributed by atoms with van der Waals surface area (Å²) in [7, 11) is 3.49. The molecule has 1 heterocycles. The van der Waals surface area contributed by atoms with E-state index in [1.54, 1.807) is 31.4 Å². The van der Waals surface area contributed by atoms with Crippen LogP contribution in [0.5, 0.6) is 5.75 Å². The van der Waals surface area contributed by atoms with Gasteiger partial charge < -0.3 is 25.4 Å². The van der Waals surface area contributed by atoms with Crippen LogP contribution < -0.4 is 15.4 Å². The van der Waals surface area contributed by atoms with Gasteiger partial charge in [-0.2, -0.15) is 0 Å². The average molecular weight is 576 g/mol. The number of carbonyl (C=O) groups is 3. The van der Waals surface area contributed by atoms with Gasteiger partial charge in [0.25, 0.3) is 0 Å². The molecule has 0 spiro atoms. The highest BCUT2D eigenvalue weighted by Gasteiger charge is 2.22. The van der Waals surface area contributed by atoms with E-state index < -0.39 is 24.5 Å². The maximum atomic E-state index is 12.6. The lowest BCUT2D eigenvalue weighted by Gasteiger charge is -2.19. The number of carbonyl (C=O) groups excluding carboxylic acids is 2. The average Bonchev–Trinajstić information content (AvgIpc) is 2.98. The molecule has 1 atom stereocenters. The third-order valence-corrected chi connectivity index (χ3v) is 6.53. The number of carboxylic acids is 1. The Morgan fingerprint density at radius 1 is 0.881 bits per heavy atom. The van der Waals surface area contributed by atoms with Crippen LogP contribution in [0.1, 0.15) is 44.6 Å². The van der Waals surface area contributed by atoms with Crippen LogP contribution in [0.25, 0.3) is 22.5 Å². The number of nitrogens with one attached hydrogen (secondary N) is 2. The van der Waals surface area contributed by atoms with Gasteiger partial charge in [-0.25, -0.2) is 9.97 Å². The zero-order valence-electron chi connectivity index (χ0n) is 24.6. The smallest absolute Gasteiger partial charge is 0.322 e. The molecular weight excluding hydrogens is 534 g/mol. The van der Waals surface area contributed by atoms with E-state index in [9.17, 15) is 14.4 Å². The van der Waals surface area contributed by atoms with Gasteiger partial charge in [0.15, 0.2) is 5.82 Å². The van der Waals surface area contributed by atoms with Gasteiger partial charge >= 0.3 is 5.97 Å². The van der Waals surface area contributed by atoms with Crippen molar-refractivity contribution in [2.24, 2.45) is 0 Å². The number of aliphatic carboxylic acids is 1. The van der Waals surface area contributed by atoms with Gasteiger partial charge in [0.2, 0.25) is 11.8 Å². The number of hydrogen-bond donors (Lipinski definition) is 3. The van der Waals surface area contributed by atoms with E-state index in [1.165, 1.54) is 25.7 Å². The van der Waals surface area contributed by atoms with Gasteiger partial charge in [-0.05, 0) is 43.8 Å². The zero-order chi connectivity index (χ0) is 30.3. The van der Waals surface area contributed by atoms with Crippen molar-refractivity contribution < 1.29 is 24.2 Å². The molecule has 3 rings (SSSR count). The lowest BCUT2D eigenvalue weighted by Crippen LogP contribution is -2.50. The number of unbranched alkanes of at least 4 members (excludes halogenated alkanes) is 4. The number of hydrogen-bond acceptors (Lipinski definition) is 7. The molecule has 3 aromatic rings. The van der Waals surface area contributed by atoms with Crippen molar-refractivity contribution in [2.75, 3.05) is 33.8 Å². The molecule has 1 aromatic heterocycles. The molecule has 0 aliphatic heterocycles. The predicted molar refractivity (Wildman–Crippen MR) is 162 cm³/mol. The summed E-state index contributed by atoms with van der Waals surface area (Å²) in [5.74, 6) is -0.643. The second-order valence-electron chi connectivity index (χ2n) is 10.5. The van der Waals surface area contributed by atoms with Crippen molar-refractivity contribution >= 4 is 17.8 Å². The molecule has 42 heavy (non-hydrogen) atoms. The lowest BCUT2D eigenvalue weighted by molar-refractivity contribution is -0.138. The first kappa shape index (κ1) is 32.2. The predicted octanol–water partition coefficient (Wildman–Crippen LogP) is 3.95. The SMILES string of the molecule is CCCCCCCOc1ccc(-c2cnc(-c3ccc(CC(NC(=O)CN(C)C)C(=O)NCC(=O)O)cc3)nc2)cc1. The molecule has 10 nitrogen and oxygen atoms in total. The van der Waals surface area contributed by atoms with E-state index in [-0.39, 0.29) is 18.9 Å². The largest absolute Gasteiger partial charge is 0.494 e. The minimum atomic E-state index is -1.16. The van der Waals surface area contributed by atoms with Crippen molar-refractivity contribution in [3.8, 4) is 28.3 Å². The van der Waals surface area contributed by atoms with E-state index in [1.807, 2.05) is 48.5 Å². The molecule has 0 bridgehead atoms. The molecule has 0 saturated heterocycles. The lowest BCUT2D eigenvalue weighted by atomic mass is 10.0. The molecule has 0 radical (unpaired) electrons. The number of likely N-dealkylation sites (N-methyl/N-ethyl adjacent to an activating group) is 1. The van der Waals surface area contributed by atoms with Crippen molar-refractivity contribution in [3.63, 3.8) is 0 Å². The van der Waals surface area contributed by atoms with Crippen LogP contribution in [-0.4, -0.2) is 77.6 Å². The number of amides is 2. The van der Waals surface area contributed by atoms with E-state index in [0.29, 0.717) is 5.82 Å². The van der Waals surface area contributed by atoms with Gasteiger partial charge in [0, 0.05) is 29.9 Å². The van der Waals surface area contributed by atoms with Crippen LogP contribution in [0.2, 0.25) is 0 Å². The van der Waals surface area contributed by atoms with Gasteiger partial charge in [-0.15, -0.1) is 0 Å². The molecule has 0 aliphatic carbocycles. The summed E-state index contributed by atoms with van der Waals surface area (Å²) in [4.78, 5) is 46.5. The molecule has 2 aromatic carbocycles. The summed E-state index contributed by atoms with van der Waals surface area (Å²) in [6, 6.07) is 14.4. The van der Waals surface area contributed by atoms with Gasteiger partial charge in [-0.3, -0.25) is 14.4 Å². The highest BCUT2D eigenvalue weighted by atomic mass is 16.5. The summed E-state index contributed by atoms with van der Waals surface area (Å²) < 4.78 is 5.86. The second kappa shape index (κ2) is 16.8. The fourth-order valence-electron chi connectivity index (χ4n) is 4.31. The summed E-state index contributed by atoms with van der Waals surface area (Å²) in [5.41, 5.74) is 3.48. The summed E-state index contributed by atoms with van der Waals surface area (Å²) in [6.45, 7) is 2.51. The first-order chi connectivity index (χ1) is 20.2. The number of ether oxygens (including phenoxy) is 1. The van der Waals surface area contributed by atoms with Crippen molar-refractivity contribution in [2.45, 2.75) is 51.5 Å². The first-order valence-corrected chi connectivity index (χ1v) is 14.3. The molecule has 224 valence electrons. The van der Waals surface area contributed by atoms with Crippen LogP contribution in [0, 0.1) is 0 Å². The Morgan fingerprint density at radius 2 is 1.52 bits per heavy atom. The Balaban J connectivity index is 1.59. The number of carboxylic acid groups (broad SMARTS) is 1. The van der Waals surface area contributed by atoms with Crippen molar-refractivity contribution in [3.05, 3.63) is 66.5 Å². The van der Waals surface area contributed by atoms with E-state index in [4.69, 9.17) is 9.84 Å². The van der Waals surface area contributed by atoms with Crippen LogP contribution >= 0.6 is 0 Å². The quantitative estimate of drug-likeness (QED) is 0.206. The minimum Gasteiger partial charge on any atom is -0.494 e. The standard InChI is InChI=1S/C32H41N5O5/c1-4-5-6-7-8-17-42-27-15-13-24(14-16-27)26-19-33-31(34-20-26)25-11-9-23(10-12-25)18-28(32(41)35-21-30(39)40)36-29(38)22-37(2)3/h9-16,19-20,28H,4-8,17-18,21-22H2,1-3H3,(H,35,41)(H,36,38)(H,39,40). The molecule has 3 N–H and O–H groups in total. The number of nitrogens with zero attached hydrogens (tertiary/aromatic N) is 3. The van der Waals surface area contributed by atoms with Gasteiger partial charge in [0.1, 0.15) is 18.3 Å². The normalized spacial score (nSPS) is 11.6. The molecule has 0 aliphatic rings. The van der Waals surface area contributed by atoms with Crippen LogP contribution in [0.15, 0.2) is 60.9 Å². The molecule has 0 saturated carbocycles. The maximum Gasteiger partial charge on any atom is 0.322 e. The van der Waals surface area contributed by atoms with Crippen LogP contribution in [-0.2, 0) is 20.8 Å². The third kappa shape index (κ3) is 10.9. The van der Waals surface area contributed by atoms with Crippen LogP contribution in [0.4, 0.5) is 0 Å². The molecular formula is C32H41N5O5. The van der Waals surface area contributed by atoms with Gasteiger partial charge in [-0.1, -0.05) is 69.0 Å². The zero-order valence-corrected chi connectivity index (χ0v) is 24.6. The summed E-state index contributed by atoms with van der Waals surface area (Å²) in [6.07, 6.45) is 9.78. The monoisotopic (exact) mass is 575 g/mol. The number of benzene rings is 2. The topological polar surface area (TPSA) is 134 Å². The molecule has 1 unspecified atom stereocenters. The Morgan fingerprint density at radius 3 is 2.14 bits per heavy atom. The minimum absolute atomic E-state index is 0.103. The Hall–Kier alpha value is -4.31. The summed E-state index contributed by atoms with van der Waals surface area (Å²) >= 11 is 0. The van der Waals surface area contributed by atoms with Gasteiger partial charge in [0.05, 0.1) is 13.2 Å². The molecule has 2 amide bonds. The second-order valence-corrected chi connectivity index (χ2v) is 10.5. The fourth-order valence-corrected chi connectivity index (χ4v) is 4.31. The number of rotatable bonds is 17. The summed E-state index contributed by atoms with van der Waals surface area (Å²) in [5, 5.41) is 13.9. The molecule has 0 fully saturated rings. The van der Waals surface area contributed by atoms with E-state index in [0.717, 1.165) is 41.0 Å². The number of aromatic nitrogens is 2. The Kier molecular flexibility index (Phi) is 12.9. The molecule has 10 heteroatoms. The Labute approximate surface area is 247 Å². The van der Waals surface area contributed by atoms with E-state index in [2.05, 4.69) is 27.5 Å². The van der Waals surface area contributed by atoms with E-state index >= 15 is 0 Å². The fraction of sp³-hybridized carbons (Fsp3) is 0.406.